The largest absolute Gasteiger partial charge is 0.507 e. The van der Waals surface area contributed by atoms with Gasteiger partial charge in [-0.05, 0) is 36.1 Å². The summed E-state index contributed by atoms with van der Waals surface area (Å²) in [6, 6.07) is 3.35. The minimum absolute atomic E-state index is 0.236. The number of carbonyl (C=O) groups excluding carboxylic acids is 1. The van der Waals surface area contributed by atoms with Crippen LogP contribution in [-0.4, -0.2) is 11.4 Å². The Morgan fingerprint density at radius 3 is 1.82 bits per heavy atom. The van der Waals surface area contributed by atoms with Crippen molar-refractivity contribution in [2.45, 2.75) is 26.7 Å². The van der Waals surface area contributed by atoms with Crippen molar-refractivity contribution in [3.63, 3.8) is 0 Å². The number of hydrogen-bond acceptors (Lipinski definition) is 2. The second-order valence-electron chi connectivity index (χ2n) is 3.29. The molecule has 1 aromatic rings. The average molecular weight is 232 g/mol. The third-order valence-corrected chi connectivity index (χ3v) is 2.15. The summed E-state index contributed by atoms with van der Waals surface area (Å²) < 4.78 is 0. The number of aldehydes is 1. The number of hydrogen-bond donors (Lipinski definition) is 1. The van der Waals surface area contributed by atoms with Gasteiger partial charge in [0.2, 0.25) is 0 Å². The van der Waals surface area contributed by atoms with Crippen molar-refractivity contribution in [3.05, 3.63) is 54.1 Å². The van der Waals surface area contributed by atoms with Gasteiger partial charge in [0.25, 0.3) is 0 Å². The summed E-state index contributed by atoms with van der Waals surface area (Å²) in [5.74, 6) is 0.236. The monoisotopic (exact) mass is 232 g/mol. The molecule has 0 heterocycles. The topological polar surface area (TPSA) is 37.3 Å². The molecule has 0 aromatic heterocycles. The van der Waals surface area contributed by atoms with E-state index in [0.29, 0.717) is 18.4 Å². The Bertz CT molecular complexity index is 361. The Morgan fingerprint density at radius 1 is 1.12 bits per heavy atom. The van der Waals surface area contributed by atoms with Crippen molar-refractivity contribution in [1.29, 1.82) is 0 Å². The van der Waals surface area contributed by atoms with E-state index >= 15 is 0 Å². The van der Waals surface area contributed by atoms with E-state index in [0.717, 1.165) is 17.4 Å². The van der Waals surface area contributed by atoms with Gasteiger partial charge in [-0.15, -0.1) is 13.2 Å². The second kappa shape index (κ2) is 8.34. The Balaban J connectivity index is 0.00000121. The first-order chi connectivity index (χ1) is 8.22. The fourth-order valence-electron chi connectivity index (χ4n) is 1.48. The molecule has 0 radical (unpaired) electrons. The molecule has 0 amide bonds. The summed E-state index contributed by atoms with van der Waals surface area (Å²) in [6.45, 7) is 11.2. The molecule has 1 N–H and O–H groups in total. The number of phenolic OH excluding ortho intramolecular Hbond substituents is 1. The average Bonchev–Trinajstić information content (AvgIpc) is 2.37. The lowest BCUT2D eigenvalue weighted by Crippen LogP contribution is -1.93. The number of aromatic hydroxyl groups is 1. The molecule has 2 heteroatoms. The van der Waals surface area contributed by atoms with Crippen molar-refractivity contribution in [2.75, 3.05) is 0 Å². The number of phenols is 1. The lowest BCUT2D eigenvalue weighted by molar-refractivity contribution is 0.112. The molecule has 92 valence electrons. The molecule has 1 aromatic carbocycles. The van der Waals surface area contributed by atoms with Crippen molar-refractivity contribution in [1.82, 2.24) is 0 Å². The molecule has 0 fully saturated rings. The SMILES string of the molecule is C=CCc1cc(C=O)cc(CC=C)c1O.CC. The van der Waals surface area contributed by atoms with Crippen LogP contribution in [0.5, 0.6) is 5.75 Å². The van der Waals surface area contributed by atoms with Crippen molar-refractivity contribution >= 4 is 6.29 Å². The summed E-state index contributed by atoms with van der Waals surface area (Å²) in [4.78, 5) is 10.7. The minimum Gasteiger partial charge on any atom is -0.507 e. The predicted molar refractivity (Wildman–Crippen MR) is 72.6 cm³/mol. The fourth-order valence-corrected chi connectivity index (χ4v) is 1.48. The molecule has 0 aliphatic rings. The maximum atomic E-state index is 10.7. The minimum atomic E-state index is 0.236. The van der Waals surface area contributed by atoms with Gasteiger partial charge in [0.15, 0.2) is 0 Å². The summed E-state index contributed by atoms with van der Waals surface area (Å²) in [6.07, 6.45) is 5.27. The second-order valence-corrected chi connectivity index (χ2v) is 3.29. The Labute approximate surface area is 103 Å². The van der Waals surface area contributed by atoms with Crippen LogP contribution in [0.4, 0.5) is 0 Å². The van der Waals surface area contributed by atoms with Crippen molar-refractivity contribution in [2.24, 2.45) is 0 Å². The van der Waals surface area contributed by atoms with Crippen LogP contribution in [0.3, 0.4) is 0 Å². The molecule has 17 heavy (non-hydrogen) atoms. The lowest BCUT2D eigenvalue weighted by atomic mass is 10.0. The molecular formula is C15H20O2. The molecule has 2 nitrogen and oxygen atoms in total. The molecule has 0 atom stereocenters. The first-order valence-electron chi connectivity index (χ1n) is 5.74. The number of benzene rings is 1. The molecule has 0 saturated heterocycles. The van der Waals surface area contributed by atoms with Crippen LogP contribution in [0.15, 0.2) is 37.4 Å². The molecule has 1 rings (SSSR count). The van der Waals surface area contributed by atoms with Gasteiger partial charge in [-0.3, -0.25) is 4.79 Å². The van der Waals surface area contributed by atoms with Gasteiger partial charge in [-0.2, -0.15) is 0 Å². The molecule has 0 saturated carbocycles. The van der Waals surface area contributed by atoms with Crippen LogP contribution in [0.1, 0.15) is 35.3 Å². The van der Waals surface area contributed by atoms with E-state index < -0.39 is 0 Å². The quantitative estimate of drug-likeness (QED) is 0.621. The van der Waals surface area contributed by atoms with Crippen LogP contribution in [0.2, 0.25) is 0 Å². The number of allylic oxidation sites excluding steroid dienone is 2. The highest BCUT2D eigenvalue weighted by atomic mass is 16.3. The van der Waals surface area contributed by atoms with Gasteiger partial charge in [0.1, 0.15) is 12.0 Å². The van der Waals surface area contributed by atoms with Gasteiger partial charge in [-0.25, -0.2) is 0 Å². The predicted octanol–water partition coefficient (Wildman–Crippen LogP) is 3.69. The first-order valence-corrected chi connectivity index (χ1v) is 5.74. The van der Waals surface area contributed by atoms with E-state index in [4.69, 9.17) is 0 Å². The molecule has 0 aliphatic carbocycles. The standard InChI is InChI=1S/C13H14O2.C2H6/c1-3-5-11-7-10(9-14)8-12(6-4-2)13(11)15;1-2/h3-4,7-9,15H,1-2,5-6H2;1-2H3. The summed E-state index contributed by atoms with van der Waals surface area (Å²) >= 11 is 0. The number of rotatable bonds is 5. The smallest absolute Gasteiger partial charge is 0.150 e. The van der Waals surface area contributed by atoms with E-state index in [-0.39, 0.29) is 5.75 Å². The van der Waals surface area contributed by atoms with Gasteiger partial charge < -0.3 is 5.11 Å². The van der Waals surface area contributed by atoms with E-state index in [2.05, 4.69) is 13.2 Å². The van der Waals surface area contributed by atoms with Gasteiger partial charge in [-0.1, -0.05) is 26.0 Å². The van der Waals surface area contributed by atoms with Crippen LogP contribution in [0.25, 0.3) is 0 Å². The maximum Gasteiger partial charge on any atom is 0.150 e. The van der Waals surface area contributed by atoms with Gasteiger partial charge in [0.05, 0.1) is 0 Å². The number of carbonyl (C=O) groups is 1. The zero-order valence-electron chi connectivity index (χ0n) is 10.6. The third kappa shape index (κ3) is 4.27. The molecule has 0 aliphatic heterocycles. The first kappa shape index (κ1) is 15.2. The van der Waals surface area contributed by atoms with Crippen LogP contribution in [0, 0.1) is 0 Å². The summed E-state index contributed by atoms with van der Waals surface area (Å²) in [5.41, 5.74) is 2.03. The van der Waals surface area contributed by atoms with Crippen molar-refractivity contribution in [3.8, 4) is 5.75 Å². The Kier molecular flexibility index (Phi) is 7.44. The fraction of sp³-hybridized carbons (Fsp3) is 0.267. The highest BCUT2D eigenvalue weighted by molar-refractivity contribution is 5.76. The molecule has 0 bridgehead atoms. The molecule has 0 spiro atoms. The normalized spacial score (nSPS) is 8.82. The van der Waals surface area contributed by atoms with Gasteiger partial charge >= 0.3 is 0 Å². The highest BCUT2D eigenvalue weighted by Crippen LogP contribution is 2.25. The summed E-state index contributed by atoms with van der Waals surface area (Å²) in [7, 11) is 0. The molecular weight excluding hydrogens is 212 g/mol. The van der Waals surface area contributed by atoms with E-state index in [1.807, 2.05) is 13.8 Å². The Morgan fingerprint density at radius 2 is 1.53 bits per heavy atom. The van der Waals surface area contributed by atoms with E-state index in [9.17, 15) is 9.90 Å². The van der Waals surface area contributed by atoms with Crippen LogP contribution >= 0.6 is 0 Å². The third-order valence-electron chi connectivity index (χ3n) is 2.15. The van der Waals surface area contributed by atoms with E-state index in [1.165, 1.54) is 0 Å². The van der Waals surface area contributed by atoms with Gasteiger partial charge in [0, 0.05) is 5.56 Å². The molecule has 0 unspecified atom stereocenters. The maximum absolute atomic E-state index is 10.7. The van der Waals surface area contributed by atoms with E-state index in [1.54, 1.807) is 24.3 Å². The lowest BCUT2D eigenvalue weighted by Gasteiger charge is -2.08. The zero-order valence-corrected chi connectivity index (χ0v) is 10.6. The summed E-state index contributed by atoms with van der Waals surface area (Å²) in [5, 5.41) is 9.86. The van der Waals surface area contributed by atoms with Crippen LogP contribution in [-0.2, 0) is 12.8 Å². The zero-order chi connectivity index (χ0) is 13.3. The highest BCUT2D eigenvalue weighted by Gasteiger charge is 2.07. The van der Waals surface area contributed by atoms with Crippen LogP contribution < -0.4 is 0 Å². The Hall–Kier alpha value is -1.83. The van der Waals surface area contributed by atoms with Crippen molar-refractivity contribution < 1.29 is 9.90 Å².